The van der Waals surface area contributed by atoms with E-state index < -0.39 is 0 Å². The lowest BCUT2D eigenvalue weighted by molar-refractivity contribution is -0.906. The molecule has 0 fully saturated rings. The molecule has 2 aromatic rings. The molecule has 0 bridgehead atoms. The molecule has 0 heterocycles. The van der Waals surface area contributed by atoms with Gasteiger partial charge in [-0.1, -0.05) is 46.4 Å². The fourth-order valence-electron chi connectivity index (χ4n) is 2.80. The van der Waals surface area contributed by atoms with Gasteiger partial charge in [-0.2, -0.15) is 0 Å². The van der Waals surface area contributed by atoms with Crippen LogP contribution in [0.4, 0.5) is 0 Å². The molecule has 0 saturated carbocycles. The third kappa shape index (κ3) is 6.20. The van der Waals surface area contributed by atoms with E-state index in [1.807, 2.05) is 14.0 Å². The smallest absolute Gasteiger partial charge is 0.168 e. The Hall–Kier alpha value is -1.10. The number of Topliss-reactive ketones (excluding diaryl/α,β-unsaturated/α-hetero) is 2. The molecule has 28 heavy (non-hydrogen) atoms. The lowest BCUT2D eigenvalue weighted by atomic mass is 10.1. The van der Waals surface area contributed by atoms with Crippen LogP contribution >= 0.6 is 46.4 Å². The van der Waals surface area contributed by atoms with Crippen molar-refractivity contribution in [2.75, 3.05) is 26.7 Å². The van der Waals surface area contributed by atoms with Crippen molar-refractivity contribution in [1.82, 2.24) is 0 Å². The number of ketones is 2. The van der Waals surface area contributed by atoms with Crippen LogP contribution in [0.25, 0.3) is 0 Å². The molecule has 0 spiro atoms. The molecule has 0 atom stereocenters. The van der Waals surface area contributed by atoms with E-state index in [1.165, 1.54) is 0 Å². The maximum atomic E-state index is 12.5. The number of halogens is 4. The maximum Gasteiger partial charge on any atom is 0.168 e. The van der Waals surface area contributed by atoms with Crippen LogP contribution in [0.15, 0.2) is 36.4 Å². The number of benzene rings is 2. The first-order valence-electron chi connectivity index (χ1n) is 8.95. The summed E-state index contributed by atoms with van der Waals surface area (Å²) in [6.45, 7) is 4.12. The quantitative estimate of drug-likeness (QED) is 0.311. The molecule has 0 aromatic heterocycles. The molecular weight excluding hydrogens is 440 g/mol. The van der Waals surface area contributed by atoms with Gasteiger partial charge in [0.15, 0.2) is 11.6 Å². The monoisotopic (exact) mass is 460 g/mol. The normalized spacial score (nSPS) is 11.5. The number of rotatable bonds is 9. The van der Waals surface area contributed by atoms with Crippen molar-refractivity contribution in [3.63, 3.8) is 0 Å². The van der Waals surface area contributed by atoms with Gasteiger partial charge < -0.3 is 4.48 Å². The first-order valence-corrected chi connectivity index (χ1v) is 10.5. The minimum absolute atomic E-state index is 0.00664. The number of quaternary nitrogens is 1. The number of carbonyl (C=O) groups is 2. The number of hydrogen-bond donors (Lipinski definition) is 0. The fraction of sp³-hybridized carbons (Fsp3) is 0.333. The van der Waals surface area contributed by atoms with Crippen molar-refractivity contribution in [2.24, 2.45) is 0 Å². The second-order valence-corrected chi connectivity index (χ2v) is 8.62. The predicted octanol–water partition coefficient (Wildman–Crippen LogP) is 6.61. The van der Waals surface area contributed by atoms with Crippen LogP contribution in [0.2, 0.25) is 20.1 Å². The predicted molar refractivity (Wildman–Crippen MR) is 117 cm³/mol. The van der Waals surface area contributed by atoms with Crippen LogP contribution in [0.3, 0.4) is 0 Å². The highest BCUT2D eigenvalue weighted by Crippen LogP contribution is 2.24. The minimum Gasteiger partial charge on any atom is -0.326 e. The Morgan fingerprint density at radius 3 is 1.46 bits per heavy atom. The third-order valence-corrected chi connectivity index (χ3v) is 6.48. The zero-order chi connectivity index (χ0) is 20.9. The first kappa shape index (κ1) is 23.2. The van der Waals surface area contributed by atoms with Crippen molar-refractivity contribution in [3.8, 4) is 0 Å². The summed E-state index contributed by atoms with van der Waals surface area (Å²) in [5.74, 6) is 0.0133. The average molecular weight is 462 g/mol. The molecule has 0 aliphatic carbocycles. The van der Waals surface area contributed by atoms with E-state index in [4.69, 9.17) is 46.4 Å². The zero-order valence-electron chi connectivity index (χ0n) is 15.8. The maximum absolute atomic E-state index is 12.5. The van der Waals surface area contributed by atoms with Gasteiger partial charge >= 0.3 is 0 Å². The Morgan fingerprint density at radius 1 is 0.750 bits per heavy atom. The topological polar surface area (TPSA) is 34.1 Å². The summed E-state index contributed by atoms with van der Waals surface area (Å²) >= 11 is 23.8. The van der Waals surface area contributed by atoms with Crippen molar-refractivity contribution in [3.05, 3.63) is 67.6 Å². The Morgan fingerprint density at radius 2 is 1.14 bits per heavy atom. The van der Waals surface area contributed by atoms with Crippen molar-refractivity contribution in [1.29, 1.82) is 0 Å². The average Bonchev–Trinajstić information content (AvgIpc) is 2.68. The Balaban J connectivity index is 1.96. The first-order chi connectivity index (χ1) is 13.1. The molecule has 0 aliphatic heterocycles. The van der Waals surface area contributed by atoms with E-state index in [2.05, 4.69) is 0 Å². The highest BCUT2D eigenvalue weighted by Gasteiger charge is 2.23. The van der Waals surface area contributed by atoms with E-state index >= 15 is 0 Å². The van der Waals surface area contributed by atoms with Gasteiger partial charge in [-0.05, 0) is 43.3 Å². The lowest BCUT2D eigenvalue weighted by Gasteiger charge is -2.33. The highest BCUT2D eigenvalue weighted by atomic mass is 35.5. The molecule has 0 unspecified atom stereocenters. The Labute approximate surface area is 185 Å². The van der Waals surface area contributed by atoms with Crippen LogP contribution in [0.5, 0.6) is 0 Å². The van der Waals surface area contributed by atoms with Crippen LogP contribution < -0.4 is 0 Å². The standard InChI is InChI=1S/C21H22Cl4NO2/c1-3-26(2,10-8-20(27)14-4-6-16(22)18(24)12-14)11-9-21(28)15-5-7-17(23)19(25)13-15/h4-7,12-13H,3,8-11H2,1-2H3/q+1. The molecule has 2 aromatic carbocycles. The Bertz CT molecular complexity index is 815. The summed E-state index contributed by atoms with van der Waals surface area (Å²) in [6, 6.07) is 9.80. The van der Waals surface area contributed by atoms with Crippen molar-refractivity contribution < 1.29 is 14.1 Å². The van der Waals surface area contributed by atoms with E-state index in [0.717, 1.165) is 6.54 Å². The SMILES string of the molecule is CC[N+](C)(CCC(=O)c1ccc(Cl)c(Cl)c1)CCC(=O)c1ccc(Cl)c(Cl)c1. The molecule has 2 rings (SSSR count). The molecule has 7 heteroatoms. The second kappa shape index (κ2) is 10.1. The van der Waals surface area contributed by atoms with Crippen LogP contribution in [-0.4, -0.2) is 42.7 Å². The summed E-state index contributed by atoms with van der Waals surface area (Å²) < 4.78 is 0.611. The fourth-order valence-corrected chi connectivity index (χ4v) is 3.39. The molecule has 0 N–H and O–H groups in total. The van der Waals surface area contributed by atoms with Crippen LogP contribution in [-0.2, 0) is 0 Å². The summed E-state index contributed by atoms with van der Waals surface area (Å²) in [7, 11) is 2.05. The molecular formula is C21H22Cl4NO2+. The van der Waals surface area contributed by atoms with Gasteiger partial charge in [0.2, 0.25) is 0 Å². The van der Waals surface area contributed by atoms with Gasteiger partial charge in [-0.15, -0.1) is 0 Å². The van der Waals surface area contributed by atoms with E-state index in [-0.39, 0.29) is 11.6 Å². The Kier molecular flexibility index (Phi) is 8.35. The van der Waals surface area contributed by atoms with E-state index in [0.29, 0.717) is 61.6 Å². The van der Waals surface area contributed by atoms with Gasteiger partial charge in [0.1, 0.15) is 0 Å². The van der Waals surface area contributed by atoms with Gasteiger partial charge in [0, 0.05) is 11.1 Å². The second-order valence-electron chi connectivity index (χ2n) is 6.99. The third-order valence-electron chi connectivity index (χ3n) is 5.00. The van der Waals surface area contributed by atoms with Gasteiger partial charge in [0.05, 0.1) is 59.6 Å². The minimum atomic E-state index is 0.00664. The van der Waals surface area contributed by atoms with Crippen molar-refractivity contribution >= 4 is 58.0 Å². The van der Waals surface area contributed by atoms with Crippen LogP contribution in [0.1, 0.15) is 40.5 Å². The number of carbonyl (C=O) groups excluding carboxylic acids is 2. The van der Waals surface area contributed by atoms with Gasteiger partial charge in [-0.25, -0.2) is 0 Å². The molecule has 0 amide bonds. The van der Waals surface area contributed by atoms with Gasteiger partial charge in [0.25, 0.3) is 0 Å². The van der Waals surface area contributed by atoms with Gasteiger partial charge in [-0.3, -0.25) is 9.59 Å². The summed E-state index contributed by atoms with van der Waals surface area (Å²) in [6.07, 6.45) is 0.729. The molecule has 0 aliphatic rings. The molecule has 0 radical (unpaired) electrons. The van der Waals surface area contributed by atoms with Crippen molar-refractivity contribution in [2.45, 2.75) is 19.8 Å². The lowest BCUT2D eigenvalue weighted by Crippen LogP contribution is -2.46. The zero-order valence-corrected chi connectivity index (χ0v) is 18.8. The molecule has 3 nitrogen and oxygen atoms in total. The van der Waals surface area contributed by atoms with E-state index in [9.17, 15) is 9.59 Å². The van der Waals surface area contributed by atoms with E-state index in [1.54, 1.807) is 36.4 Å². The van der Waals surface area contributed by atoms with Crippen LogP contribution in [0, 0.1) is 0 Å². The highest BCUT2D eigenvalue weighted by molar-refractivity contribution is 6.42. The summed E-state index contributed by atoms with van der Waals surface area (Å²) in [5, 5.41) is 1.58. The number of hydrogen-bond acceptors (Lipinski definition) is 2. The number of nitrogens with zero attached hydrogens (tertiary/aromatic N) is 1. The molecule has 0 saturated heterocycles. The molecule has 150 valence electrons. The summed E-state index contributed by atoms with van der Waals surface area (Å²) in [5.41, 5.74) is 1.09. The summed E-state index contributed by atoms with van der Waals surface area (Å²) in [4.78, 5) is 25.0. The largest absolute Gasteiger partial charge is 0.326 e.